The third-order valence-electron chi connectivity index (χ3n) is 2.72. The molecule has 0 amide bonds. The van der Waals surface area contributed by atoms with Crippen molar-refractivity contribution in [3.8, 4) is 0 Å². The lowest BCUT2D eigenvalue weighted by Gasteiger charge is -2.39. The third kappa shape index (κ3) is 1.99. The largest absolute Gasteiger partial charge is 0.349 e. The molecule has 0 aromatic rings. The smallest absolute Gasteiger partial charge is 0.160 e. The highest BCUT2D eigenvalue weighted by molar-refractivity contribution is 4.74. The minimum Gasteiger partial charge on any atom is -0.349 e. The summed E-state index contributed by atoms with van der Waals surface area (Å²) in [5, 5.41) is 0. The van der Waals surface area contributed by atoms with Crippen molar-refractivity contribution in [3.05, 3.63) is 0 Å². The molecule has 12 heavy (non-hydrogen) atoms. The van der Waals surface area contributed by atoms with E-state index in [0.717, 1.165) is 0 Å². The van der Waals surface area contributed by atoms with Gasteiger partial charge in [0.25, 0.3) is 0 Å². The lowest BCUT2D eigenvalue weighted by atomic mass is 9.98. The lowest BCUT2D eigenvalue weighted by molar-refractivity contribution is -0.272. The molecule has 72 valence electrons. The molecule has 0 bridgehead atoms. The van der Waals surface area contributed by atoms with E-state index in [1.807, 2.05) is 0 Å². The molecule has 0 spiro atoms. The van der Waals surface area contributed by atoms with Gasteiger partial charge in [0.2, 0.25) is 0 Å². The number of hydrogen-bond acceptors (Lipinski definition) is 2. The van der Waals surface area contributed by atoms with Gasteiger partial charge in [-0.15, -0.1) is 0 Å². The van der Waals surface area contributed by atoms with Crippen LogP contribution in [0.5, 0.6) is 0 Å². The monoisotopic (exact) mass is 172 g/mol. The van der Waals surface area contributed by atoms with E-state index in [0.29, 0.717) is 24.0 Å². The van der Waals surface area contributed by atoms with Gasteiger partial charge < -0.3 is 9.47 Å². The van der Waals surface area contributed by atoms with Gasteiger partial charge in [-0.25, -0.2) is 0 Å². The molecule has 0 aliphatic carbocycles. The Bertz CT molecular complexity index is 133. The Balaban J connectivity index is 2.53. The zero-order chi connectivity index (χ0) is 9.30. The minimum atomic E-state index is -0.00815. The van der Waals surface area contributed by atoms with Crippen molar-refractivity contribution < 1.29 is 9.47 Å². The van der Waals surface area contributed by atoms with Crippen LogP contribution < -0.4 is 0 Å². The van der Waals surface area contributed by atoms with E-state index >= 15 is 0 Å². The van der Waals surface area contributed by atoms with Gasteiger partial charge >= 0.3 is 0 Å². The molecular weight excluding hydrogens is 152 g/mol. The molecule has 0 radical (unpaired) electrons. The third-order valence-corrected chi connectivity index (χ3v) is 2.72. The SMILES string of the molecule is CC(C)C1OC(C)C(C)C(C)O1. The van der Waals surface area contributed by atoms with E-state index in [9.17, 15) is 0 Å². The van der Waals surface area contributed by atoms with E-state index in [1.165, 1.54) is 0 Å². The van der Waals surface area contributed by atoms with Gasteiger partial charge in [-0.05, 0) is 13.8 Å². The summed E-state index contributed by atoms with van der Waals surface area (Å²) in [6.45, 7) is 10.7. The Morgan fingerprint density at radius 1 is 0.917 bits per heavy atom. The predicted octanol–water partition coefficient (Wildman–Crippen LogP) is 2.43. The van der Waals surface area contributed by atoms with Crippen molar-refractivity contribution in [2.24, 2.45) is 11.8 Å². The fourth-order valence-electron chi connectivity index (χ4n) is 1.40. The zero-order valence-corrected chi connectivity index (χ0v) is 8.70. The Morgan fingerprint density at radius 2 is 1.33 bits per heavy atom. The Kier molecular flexibility index (Phi) is 3.13. The van der Waals surface area contributed by atoms with Crippen LogP contribution in [0.4, 0.5) is 0 Å². The fourth-order valence-corrected chi connectivity index (χ4v) is 1.40. The molecule has 1 rings (SSSR count). The number of rotatable bonds is 1. The molecular formula is C10H20O2. The highest BCUT2D eigenvalue weighted by atomic mass is 16.7. The maximum Gasteiger partial charge on any atom is 0.160 e. The standard InChI is InChI=1S/C10H20O2/c1-6(2)10-11-8(4)7(3)9(5)12-10/h6-10H,1-5H3. The molecule has 1 heterocycles. The molecule has 0 aromatic heterocycles. The zero-order valence-electron chi connectivity index (χ0n) is 8.70. The van der Waals surface area contributed by atoms with E-state index in [-0.39, 0.29) is 6.29 Å². The Hall–Kier alpha value is -0.0800. The number of ether oxygens (including phenoxy) is 2. The van der Waals surface area contributed by atoms with Crippen LogP contribution in [-0.4, -0.2) is 18.5 Å². The molecule has 2 atom stereocenters. The van der Waals surface area contributed by atoms with Crippen LogP contribution in [0, 0.1) is 11.8 Å². The molecule has 1 saturated heterocycles. The summed E-state index contributed by atoms with van der Waals surface area (Å²) in [7, 11) is 0. The van der Waals surface area contributed by atoms with E-state index in [1.54, 1.807) is 0 Å². The maximum atomic E-state index is 5.71. The van der Waals surface area contributed by atoms with E-state index < -0.39 is 0 Å². The van der Waals surface area contributed by atoms with Gasteiger partial charge in [-0.2, -0.15) is 0 Å². The van der Waals surface area contributed by atoms with Gasteiger partial charge in [0.15, 0.2) is 6.29 Å². The van der Waals surface area contributed by atoms with Crippen molar-refractivity contribution >= 4 is 0 Å². The summed E-state index contributed by atoms with van der Waals surface area (Å²) in [6, 6.07) is 0. The van der Waals surface area contributed by atoms with Crippen LogP contribution in [0.2, 0.25) is 0 Å². The fraction of sp³-hybridized carbons (Fsp3) is 1.00. The second-order valence-electron chi connectivity index (χ2n) is 4.15. The number of hydrogen-bond donors (Lipinski definition) is 0. The van der Waals surface area contributed by atoms with Crippen LogP contribution in [0.25, 0.3) is 0 Å². The van der Waals surface area contributed by atoms with Gasteiger partial charge in [0, 0.05) is 11.8 Å². The molecule has 0 N–H and O–H groups in total. The van der Waals surface area contributed by atoms with Crippen LogP contribution in [0.15, 0.2) is 0 Å². The molecule has 2 unspecified atom stereocenters. The van der Waals surface area contributed by atoms with Gasteiger partial charge in [0.05, 0.1) is 12.2 Å². The summed E-state index contributed by atoms with van der Waals surface area (Å²) in [4.78, 5) is 0. The average molecular weight is 172 g/mol. The minimum absolute atomic E-state index is 0.00815. The first-order valence-corrected chi connectivity index (χ1v) is 4.83. The van der Waals surface area contributed by atoms with E-state index in [4.69, 9.17) is 9.47 Å². The summed E-state index contributed by atoms with van der Waals surface area (Å²) < 4.78 is 11.4. The molecule has 0 aromatic carbocycles. The summed E-state index contributed by atoms with van der Waals surface area (Å²) in [5.74, 6) is 0.947. The average Bonchev–Trinajstić information content (AvgIpc) is 1.99. The van der Waals surface area contributed by atoms with Crippen molar-refractivity contribution in [2.45, 2.75) is 53.1 Å². The van der Waals surface area contributed by atoms with Crippen molar-refractivity contribution in [1.82, 2.24) is 0 Å². The quantitative estimate of drug-likeness (QED) is 0.604. The molecule has 1 fully saturated rings. The normalized spacial score (nSPS) is 43.5. The van der Waals surface area contributed by atoms with Gasteiger partial charge in [-0.3, -0.25) is 0 Å². The first-order chi connectivity index (χ1) is 5.52. The van der Waals surface area contributed by atoms with Crippen LogP contribution in [-0.2, 0) is 9.47 Å². The molecule has 1 aliphatic rings. The summed E-state index contributed by atoms with van der Waals surface area (Å²) in [5.41, 5.74) is 0. The van der Waals surface area contributed by atoms with Crippen molar-refractivity contribution in [1.29, 1.82) is 0 Å². The highest BCUT2D eigenvalue weighted by Gasteiger charge is 2.32. The summed E-state index contributed by atoms with van der Waals surface area (Å²) >= 11 is 0. The second kappa shape index (κ2) is 3.75. The highest BCUT2D eigenvalue weighted by Crippen LogP contribution is 2.27. The van der Waals surface area contributed by atoms with Gasteiger partial charge in [-0.1, -0.05) is 20.8 Å². The van der Waals surface area contributed by atoms with Crippen LogP contribution >= 0.6 is 0 Å². The second-order valence-corrected chi connectivity index (χ2v) is 4.15. The van der Waals surface area contributed by atoms with Crippen molar-refractivity contribution in [2.75, 3.05) is 0 Å². The first-order valence-electron chi connectivity index (χ1n) is 4.83. The molecule has 1 aliphatic heterocycles. The van der Waals surface area contributed by atoms with Gasteiger partial charge in [0.1, 0.15) is 0 Å². The predicted molar refractivity (Wildman–Crippen MR) is 48.9 cm³/mol. The molecule has 2 nitrogen and oxygen atoms in total. The topological polar surface area (TPSA) is 18.5 Å². The summed E-state index contributed by atoms with van der Waals surface area (Å²) in [6.07, 6.45) is 0.633. The Morgan fingerprint density at radius 3 is 1.67 bits per heavy atom. The molecule has 2 heteroatoms. The lowest BCUT2D eigenvalue weighted by Crippen LogP contribution is -2.44. The molecule has 0 saturated carbocycles. The van der Waals surface area contributed by atoms with E-state index in [2.05, 4.69) is 34.6 Å². The van der Waals surface area contributed by atoms with Crippen LogP contribution in [0.1, 0.15) is 34.6 Å². The van der Waals surface area contributed by atoms with Crippen LogP contribution in [0.3, 0.4) is 0 Å². The first kappa shape index (κ1) is 10.0. The van der Waals surface area contributed by atoms with Crippen molar-refractivity contribution in [3.63, 3.8) is 0 Å². The maximum absolute atomic E-state index is 5.71. The Labute approximate surface area is 75.2 Å².